The monoisotopic (exact) mass is 478 g/mol. The molecule has 0 saturated carbocycles. The predicted octanol–water partition coefficient (Wildman–Crippen LogP) is 3.54. The minimum atomic E-state index is -0.700. The molecule has 0 radical (unpaired) electrons. The number of ether oxygens (including phenoxy) is 2. The molecule has 1 fully saturated rings. The van der Waals surface area contributed by atoms with E-state index in [2.05, 4.69) is 11.5 Å². The molecule has 3 heterocycles. The van der Waals surface area contributed by atoms with Crippen LogP contribution in [0.15, 0.2) is 77.1 Å². The highest BCUT2D eigenvalue weighted by atomic mass is 16.5. The number of amides is 1. The largest absolute Gasteiger partial charge is 0.503 e. The number of morpholine rings is 1. The molecule has 184 valence electrons. The van der Waals surface area contributed by atoms with Gasteiger partial charge in [-0.25, -0.2) is 0 Å². The van der Waals surface area contributed by atoms with E-state index in [0.717, 1.165) is 25.2 Å². The SMILES string of the molecule is C=CCOc1ccc(C2C(C(=O)/C=C/c3ccco3)=C(O)C(=O)N2CCCN2CCOCC2)cc1. The van der Waals surface area contributed by atoms with Gasteiger partial charge in [-0.05, 0) is 48.4 Å². The van der Waals surface area contributed by atoms with Crippen molar-refractivity contribution in [2.45, 2.75) is 12.5 Å². The molecule has 2 aromatic rings. The van der Waals surface area contributed by atoms with Crippen LogP contribution in [0.1, 0.15) is 23.8 Å². The second-order valence-corrected chi connectivity index (χ2v) is 8.35. The number of allylic oxidation sites excluding steroid dienone is 1. The molecule has 4 rings (SSSR count). The van der Waals surface area contributed by atoms with E-state index >= 15 is 0 Å². The number of carbonyl (C=O) groups is 2. The fourth-order valence-electron chi connectivity index (χ4n) is 4.31. The van der Waals surface area contributed by atoms with Crippen LogP contribution in [0.3, 0.4) is 0 Å². The number of benzene rings is 1. The normalized spacial score (nSPS) is 19.0. The fourth-order valence-corrected chi connectivity index (χ4v) is 4.31. The van der Waals surface area contributed by atoms with Gasteiger partial charge in [0.15, 0.2) is 11.5 Å². The highest BCUT2D eigenvalue weighted by molar-refractivity contribution is 6.14. The zero-order chi connectivity index (χ0) is 24.6. The first-order valence-electron chi connectivity index (χ1n) is 11.7. The molecule has 1 aromatic carbocycles. The number of aliphatic hydroxyl groups excluding tert-OH is 1. The van der Waals surface area contributed by atoms with Gasteiger partial charge < -0.3 is 23.9 Å². The smallest absolute Gasteiger partial charge is 0.290 e. The zero-order valence-corrected chi connectivity index (χ0v) is 19.6. The Labute approximate surface area is 204 Å². The first kappa shape index (κ1) is 24.5. The summed E-state index contributed by atoms with van der Waals surface area (Å²) in [5.74, 6) is -0.345. The molecule has 2 aliphatic rings. The number of nitrogens with zero attached hydrogens (tertiary/aromatic N) is 2. The molecule has 8 heteroatoms. The van der Waals surface area contributed by atoms with Crippen LogP contribution >= 0.6 is 0 Å². The van der Waals surface area contributed by atoms with Crippen molar-refractivity contribution in [3.63, 3.8) is 0 Å². The predicted molar refractivity (Wildman–Crippen MR) is 131 cm³/mol. The molecule has 1 atom stereocenters. The van der Waals surface area contributed by atoms with Crippen LogP contribution in [0.25, 0.3) is 6.08 Å². The van der Waals surface area contributed by atoms with Gasteiger partial charge in [-0.1, -0.05) is 24.8 Å². The summed E-state index contributed by atoms with van der Waals surface area (Å²) in [4.78, 5) is 30.1. The summed E-state index contributed by atoms with van der Waals surface area (Å²) < 4.78 is 16.2. The summed E-state index contributed by atoms with van der Waals surface area (Å²) in [6.45, 7) is 8.34. The van der Waals surface area contributed by atoms with Crippen LogP contribution in [0.5, 0.6) is 5.75 Å². The van der Waals surface area contributed by atoms with Crippen molar-refractivity contribution in [2.24, 2.45) is 0 Å². The first-order chi connectivity index (χ1) is 17.1. The Balaban J connectivity index is 1.56. The van der Waals surface area contributed by atoms with Gasteiger partial charge >= 0.3 is 0 Å². The van der Waals surface area contributed by atoms with Crippen LogP contribution in [0.4, 0.5) is 0 Å². The lowest BCUT2D eigenvalue weighted by atomic mass is 9.95. The number of rotatable bonds is 11. The lowest BCUT2D eigenvalue weighted by Gasteiger charge is -2.30. The van der Waals surface area contributed by atoms with Gasteiger partial charge in [0.25, 0.3) is 5.91 Å². The van der Waals surface area contributed by atoms with Gasteiger partial charge in [0, 0.05) is 26.2 Å². The minimum absolute atomic E-state index is 0.0592. The van der Waals surface area contributed by atoms with E-state index in [4.69, 9.17) is 13.9 Å². The molecule has 1 amide bonds. The lowest BCUT2D eigenvalue weighted by Crippen LogP contribution is -2.39. The molecule has 1 saturated heterocycles. The van der Waals surface area contributed by atoms with E-state index < -0.39 is 23.5 Å². The van der Waals surface area contributed by atoms with Crippen LogP contribution < -0.4 is 4.74 Å². The average molecular weight is 479 g/mol. The zero-order valence-electron chi connectivity index (χ0n) is 19.6. The van der Waals surface area contributed by atoms with Gasteiger partial charge in [0.2, 0.25) is 0 Å². The van der Waals surface area contributed by atoms with Crippen molar-refractivity contribution in [3.8, 4) is 5.75 Å². The van der Waals surface area contributed by atoms with E-state index in [-0.39, 0.29) is 5.57 Å². The lowest BCUT2D eigenvalue weighted by molar-refractivity contribution is -0.129. The highest BCUT2D eigenvalue weighted by Crippen LogP contribution is 2.38. The van der Waals surface area contributed by atoms with Gasteiger partial charge in [0.1, 0.15) is 18.1 Å². The number of furan rings is 1. The third-order valence-corrected chi connectivity index (χ3v) is 6.05. The number of hydrogen-bond donors (Lipinski definition) is 1. The van der Waals surface area contributed by atoms with Gasteiger partial charge in [-0.3, -0.25) is 14.5 Å². The second-order valence-electron chi connectivity index (χ2n) is 8.35. The highest BCUT2D eigenvalue weighted by Gasteiger charge is 2.42. The van der Waals surface area contributed by atoms with Gasteiger partial charge in [-0.15, -0.1) is 0 Å². The first-order valence-corrected chi connectivity index (χ1v) is 11.7. The van der Waals surface area contributed by atoms with Crippen molar-refractivity contribution < 1.29 is 28.6 Å². The van der Waals surface area contributed by atoms with Crippen molar-refractivity contribution in [2.75, 3.05) is 46.0 Å². The molecule has 35 heavy (non-hydrogen) atoms. The molecule has 0 aliphatic carbocycles. The van der Waals surface area contributed by atoms with Gasteiger partial charge in [0.05, 0.1) is 31.1 Å². The minimum Gasteiger partial charge on any atom is -0.503 e. The molecule has 2 aliphatic heterocycles. The second kappa shape index (κ2) is 11.7. The van der Waals surface area contributed by atoms with Crippen molar-refractivity contribution in [1.82, 2.24) is 9.80 Å². The maximum Gasteiger partial charge on any atom is 0.290 e. The molecule has 1 unspecified atom stereocenters. The average Bonchev–Trinajstić information content (AvgIpc) is 3.49. The van der Waals surface area contributed by atoms with Crippen LogP contribution in [-0.4, -0.2) is 72.6 Å². The number of aliphatic hydroxyl groups is 1. The molecule has 1 aromatic heterocycles. The summed E-state index contributed by atoms with van der Waals surface area (Å²) in [5.41, 5.74) is 0.776. The fraction of sp³-hybridized carbons (Fsp3) is 0.333. The summed E-state index contributed by atoms with van der Waals surface area (Å²) in [5, 5.41) is 10.8. The summed E-state index contributed by atoms with van der Waals surface area (Å²) >= 11 is 0. The van der Waals surface area contributed by atoms with Crippen molar-refractivity contribution >= 4 is 17.8 Å². The van der Waals surface area contributed by atoms with Crippen molar-refractivity contribution in [3.05, 3.63) is 84.0 Å². The standard InChI is InChI=1S/C27H30N2O6/c1-2-16-34-22-8-6-20(7-9-22)25-24(23(30)11-10-21-5-3-17-35-21)26(31)27(32)29(25)13-4-12-28-14-18-33-19-15-28/h2-3,5-11,17,25,31H,1,4,12-16,18-19H2/b11-10+. The molecule has 0 bridgehead atoms. The van der Waals surface area contributed by atoms with E-state index in [0.29, 0.717) is 44.3 Å². The Morgan fingerprint density at radius 1 is 1.17 bits per heavy atom. The third kappa shape index (κ3) is 5.90. The molecular weight excluding hydrogens is 448 g/mol. The van der Waals surface area contributed by atoms with Crippen LogP contribution in [0, 0.1) is 0 Å². The summed E-state index contributed by atoms with van der Waals surface area (Å²) in [6, 6.07) is 9.93. The van der Waals surface area contributed by atoms with Crippen LogP contribution in [-0.2, 0) is 14.3 Å². The number of ketones is 1. The van der Waals surface area contributed by atoms with E-state index in [1.54, 1.807) is 35.2 Å². The number of hydrogen-bond acceptors (Lipinski definition) is 7. The Bertz CT molecular complexity index is 1080. The Morgan fingerprint density at radius 3 is 2.63 bits per heavy atom. The quantitative estimate of drug-likeness (QED) is 0.390. The Morgan fingerprint density at radius 2 is 1.94 bits per heavy atom. The Hall–Kier alpha value is -3.62. The summed E-state index contributed by atoms with van der Waals surface area (Å²) in [7, 11) is 0. The van der Waals surface area contributed by atoms with Gasteiger partial charge in [-0.2, -0.15) is 0 Å². The summed E-state index contributed by atoms with van der Waals surface area (Å²) in [6.07, 6.45) is 6.72. The van der Waals surface area contributed by atoms with E-state index in [1.807, 2.05) is 12.1 Å². The van der Waals surface area contributed by atoms with E-state index in [1.165, 1.54) is 18.4 Å². The maximum absolute atomic E-state index is 13.2. The maximum atomic E-state index is 13.2. The third-order valence-electron chi connectivity index (χ3n) is 6.05. The molecule has 8 nitrogen and oxygen atoms in total. The Kier molecular flexibility index (Phi) is 8.18. The molecular formula is C27H30N2O6. The molecule has 1 N–H and O–H groups in total. The van der Waals surface area contributed by atoms with Crippen molar-refractivity contribution in [1.29, 1.82) is 0 Å². The number of carbonyl (C=O) groups excluding carboxylic acids is 2. The van der Waals surface area contributed by atoms with E-state index in [9.17, 15) is 14.7 Å². The van der Waals surface area contributed by atoms with Crippen LogP contribution in [0.2, 0.25) is 0 Å². The molecule has 0 spiro atoms. The topological polar surface area (TPSA) is 92.5 Å².